The van der Waals surface area contributed by atoms with Gasteiger partial charge in [-0.15, -0.1) is 0 Å². The van der Waals surface area contributed by atoms with Gasteiger partial charge in [0, 0.05) is 11.7 Å². The van der Waals surface area contributed by atoms with Crippen molar-refractivity contribution in [2.45, 2.75) is 46.1 Å². The minimum atomic E-state index is -0.156. The van der Waals surface area contributed by atoms with Crippen molar-refractivity contribution in [3.63, 3.8) is 0 Å². The van der Waals surface area contributed by atoms with Gasteiger partial charge in [-0.3, -0.25) is 4.79 Å². The first-order valence-electron chi connectivity index (χ1n) is 7.35. The topological polar surface area (TPSA) is 55.1 Å². The third-order valence-corrected chi connectivity index (χ3v) is 4.50. The Morgan fingerprint density at radius 1 is 1.41 bits per heavy atom. The second kappa shape index (κ2) is 7.65. The molecule has 0 saturated carbocycles. The zero-order chi connectivity index (χ0) is 16.9. The lowest BCUT2D eigenvalue weighted by Gasteiger charge is -2.20. The van der Waals surface area contributed by atoms with Crippen molar-refractivity contribution < 1.29 is 4.79 Å². The Balaban J connectivity index is 2.86. The summed E-state index contributed by atoms with van der Waals surface area (Å²) in [6, 6.07) is 7.78. The summed E-state index contributed by atoms with van der Waals surface area (Å²) in [6.07, 6.45) is 1.78. The Morgan fingerprint density at radius 3 is 2.55 bits per heavy atom. The highest BCUT2D eigenvalue weighted by atomic mass is 32.2. The number of rotatable bonds is 5. The van der Waals surface area contributed by atoms with Crippen LogP contribution in [0.25, 0.3) is 0 Å². The summed E-state index contributed by atoms with van der Waals surface area (Å²) in [5.41, 5.74) is 7.80. The number of hydrogen-bond donors (Lipinski definition) is 2. The molecule has 1 amide bonds. The predicted octanol–water partition coefficient (Wildman–Crippen LogP) is 4.42. The normalized spacial score (nSPS) is 13.6. The molecule has 1 rings (SSSR count). The number of allylic oxidation sites excluding steroid dienone is 1. The van der Waals surface area contributed by atoms with Crippen LogP contribution in [0.3, 0.4) is 0 Å². The lowest BCUT2D eigenvalue weighted by atomic mass is 9.87. The minimum absolute atomic E-state index is 0.0438. The van der Waals surface area contributed by atoms with Crippen molar-refractivity contribution in [1.82, 2.24) is 0 Å². The molecule has 120 valence electrons. The van der Waals surface area contributed by atoms with Crippen molar-refractivity contribution in [2.24, 2.45) is 5.73 Å². The highest BCUT2D eigenvalue weighted by Gasteiger charge is 2.16. The fourth-order valence-corrected chi connectivity index (χ4v) is 2.46. The zero-order valence-electron chi connectivity index (χ0n) is 14.1. The number of anilines is 1. The van der Waals surface area contributed by atoms with Crippen LogP contribution in [0.5, 0.6) is 0 Å². The molecule has 1 aromatic rings. The summed E-state index contributed by atoms with van der Waals surface area (Å²) >= 11 is 1.32. The third kappa shape index (κ3) is 5.35. The SMILES string of the molecule is C=C(S/C(=C\C)C(=O)Nc1cccc(C(C)(C)C)c1)C(C)N. The van der Waals surface area contributed by atoms with Gasteiger partial charge in [0.25, 0.3) is 5.91 Å². The van der Waals surface area contributed by atoms with Gasteiger partial charge in [-0.2, -0.15) is 0 Å². The van der Waals surface area contributed by atoms with Crippen LogP contribution in [0, 0.1) is 0 Å². The first-order valence-corrected chi connectivity index (χ1v) is 8.17. The number of benzene rings is 1. The van der Waals surface area contributed by atoms with E-state index < -0.39 is 0 Å². The van der Waals surface area contributed by atoms with Crippen LogP contribution in [0.4, 0.5) is 5.69 Å². The molecule has 0 aliphatic carbocycles. The molecule has 22 heavy (non-hydrogen) atoms. The van der Waals surface area contributed by atoms with Gasteiger partial charge in [0.15, 0.2) is 0 Å². The third-order valence-electron chi connectivity index (χ3n) is 3.22. The predicted molar refractivity (Wildman–Crippen MR) is 97.9 cm³/mol. The van der Waals surface area contributed by atoms with Gasteiger partial charge in [0.2, 0.25) is 0 Å². The van der Waals surface area contributed by atoms with E-state index in [0.717, 1.165) is 10.6 Å². The van der Waals surface area contributed by atoms with E-state index in [1.807, 2.05) is 32.0 Å². The van der Waals surface area contributed by atoms with Gasteiger partial charge in [-0.1, -0.05) is 57.3 Å². The standard InChI is InChI=1S/C18H26N2OS/c1-7-16(22-13(3)12(2)19)17(21)20-15-10-8-9-14(11-15)18(4,5)6/h7-12H,3,19H2,1-2,4-6H3,(H,20,21)/b16-7-. The lowest BCUT2D eigenvalue weighted by Crippen LogP contribution is -2.18. The average Bonchev–Trinajstić information content (AvgIpc) is 2.43. The van der Waals surface area contributed by atoms with Crippen molar-refractivity contribution >= 4 is 23.4 Å². The molecule has 3 nitrogen and oxygen atoms in total. The molecule has 0 radical (unpaired) electrons. The minimum Gasteiger partial charge on any atom is -0.324 e. The van der Waals surface area contributed by atoms with E-state index in [-0.39, 0.29) is 17.4 Å². The Morgan fingerprint density at radius 2 is 2.05 bits per heavy atom. The van der Waals surface area contributed by atoms with Crippen molar-refractivity contribution in [3.05, 3.63) is 52.3 Å². The molecule has 1 unspecified atom stereocenters. The van der Waals surface area contributed by atoms with Gasteiger partial charge < -0.3 is 11.1 Å². The molecular formula is C18H26N2OS. The van der Waals surface area contributed by atoms with Crippen molar-refractivity contribution in [2.75, 3.05) is 5.32 Å². The number of nitrogens with one attached hydrogen (secondary N) is 1. The molecule has 0 aliphatic rings. The summed E-state index contributed by atoms with van der Waals surface area (Å²) in [5, 5.41) is 2.94. The van der Waals surface area contributed by atoms with Gasteiger partial charge in [-0.05, 0) is 41.9 Å². The summed E-state index contributed by atoms with van der Waals surface area (Å²) in [5.74, 6) is -0.139. The van der Waals surface area contributed by atoms with Gasteiger partial charge in [-0.25, -0.2) is 0 Å². The molecule has 1 aromatic carbocycles. The second-order valence-electron chi connectivity index (χ2n) is 6.29. The highest BCUT2D eigenvalue weighted by Crippen LogP contribution is 2.28. The highest BCUT2D eigenvalue weighted by molar-refractivity contribution is 8.07. The van der Waals surface area contributed by atoms with Crippen LogP contribution < -0.4 is 11.1 Å². The summed E-state index contributed by atoms with van der Waals surface area (Å²) < 4.78 is 0. The lowest BCUT2D eigenvalue weighted by molar-refractivity contribution is -0.112. The Kier molecular flexibility index (Phi) is 6.45. The van der Waals surface area contributed by atoms with Crippen LogP contribution >= 0.6 is 11.8 Å². The Labute approximate surface area is 138 Å². The molecule has 3 N–H and O–H groups in total. The van der Waals surface area contributed by atoms with E-state index in [0.29, 0.717) is 4.91 Å². The first kappa shape index (κ1) is 18.5. The fraction of sp³-hybridized carbons (Fsp3) is 0.389. The molecule has 0 spiro atoms. The Bertz CT molecular complexity index is 583. The molecule has 0 heterocycles. The molecule has 1 atom stereocenters. The maximum Gasteiger partial charge on any atom is 0.262 e. The molecule has 0 bridgehead atoms. The molecule has 0 fully saturated rings. The fourth-order valence-electron chi connectivity index (χ4n) is 1.73. The molecule has 4 heteroatoms. The number of carbonyl (C=O) groups is 1. The monoisotopic (exact) mass is 318 g/mol. The maximum atomic E-state index is 12.4. The second-order valence-corrected chi connectivity index (χ2v) is 7.46. The molecule has 0 aromatic heterocycles. The number of carbonyl (C=O) groups excluding carboxylic acids is 1. The van der Waals surface area contributed by atoms with E-state index in [1.165, 1.54) is 17.3 Å². The van der Waals surface area contributed by atoms with E-state index >= 15 is 0 Å². The van der Waals surface area contributed by atoms with Crippen LogP contribution in [-0.4, -0.2) is 11.9 Å². The van der Waals surface area contributed by atoms with Crippen LogP contribution in [-0.2, 0) is 10.2 Å². The molecule has 0 saturated heterocycles. The van der Waals surface area contributed by atoms with Crippen molar-refractivity contribution in [1.29, 1.82) is 0 Å². The van der Waals surface area contributed by atoms with E-state index in [2.05, 4.69) is 38.7 Å². The van der Waals surface area contributed by atoms with Crippen LogP contribution in [0.1, 0.15) is 40.2 Å². The van der Waals surface area contributed by atoms with Crippen molar-refractivity contribution in [3.8, 4) is 0 Å². The van der Waals surface area contributed by atoms with E-state index in [4.69, 9.17) is 5.73 Å². The van der Waals surface area contributed by atoms with E-state index in [1.54, 1.807) is 6.08 Å². The Hall–Kier alpha value is -1.52. The van der Waals surface area contributed by atoms with Gasteiger partial charge in [0.05, 0.1) is 4.91 Å². The number of hydrogen-bond acceptors (Lipinski definition) is 3. The quantitative estimate of drug-likeness (QED) is 0.790. The first-order chi connectivity index (χ1) is 10.1. The number of thioether (sulfide) groups is 1. The smallest absolute Gasteiger partial charge is 0.262 e. The largest absolute Gasteiger partial charge is 0.324 e. The van der Waals surface area contributed by atoms with E-state index in [9.17, 15) is 4.79 Å². The maximum absolute atomic E-state index is 12.4. The van der Waals surface area contributed by atoms with Gasteiger partial charge >= 0.3 is 0 Å². The van der Waals surface area contributed by atoms with Crippen LogP contribution in [0.2, 0.25) is 0 Å². The van der Waals surface area contributed by atoms with Gasteiger partial charge in [0.1, 0.15) is 0 Å². The average molecular weight is 318 g/mol. The molecular weight excluding hydrogens is 292 g/mol. The van der Waals surface area contributed by atoms with Crippen LogP contribution in [0.15, 0.2) is 46.7 Å². The number of nitrogens with two attached hydrogens (primary N) is 1. The summed E-state index contributed by atoms with van der Waals surface area (Å²) in [6.45, 7) is 14.0. The summed E-state index contributed by atoms with van der Waals surface area (Å²) in [4.78, 5) is 13.8. The summed E-state index contributed by atoms with van der Waals surface area (Å²) in [7, 11) is 0. The number of amides is 1. The molecule has 0 aliphatic heterocycles. The zero-order valence-corrected chi connectivity index (χ0v) is 14.9.